The lowest BCUT2D eigenvalue weighted by molar-refractivity contribution is -0.0458. The van der Waals surface area contributed by atoms with E-state index in [0.29, 0.717) is 119 Å². The molecule has 7 rings (SSSR count). The van der Waals surface area contributed by atoms with Gasteiger partial charge in [0.2, 0.25) is 5.95 Å². The highest BCUT2D eigenvalue weighted by atomic mass is 35.5. The summed E-state index contributed by atoms with van der Waals surface area (Å²) in [6.07, 6.45) is 13.7. The summed E-state index contributed by atoms with van der Waals surface area (Å²) in [6, 6.07) is 7.60. The third-order valence-corrected chi connectivity index (χ3v) is 11.1. The van der Waals surface area contributed by atoms with Crippen LogP contribution in [0, 0.1) is 0 Å². The molecule has 322 valence electrons. The summed E-state index contributed by atoms with van der Waals surface area (Å²) >= 11 is 6.50. The highest BCUT2D eigenvalue weighted by Gasteiger charge is 2.42. The predicted molar refractivity (Wildman–Crippen MR) is 217 cm³/mol. The molecule has 3 aliphatic rings. The van der Waals surface area contributed by atoms with Crippen LogP contribution in [0.2, 0.25) is 5.02 Å². The van der Waals surface area contributed by atoms with Crippen LogP contribution < -0.4 is 14.8 Å². The fourth-order valence-electron chi connectivity index (χ4n) is 7.95. The molecule has 3 aromatic heterocycles. The highest BCUT2D eigenvalue weighted by Crippen LogP contribution is 2.39. The van der Waals surface area contributed by atoms with Gasteiger partial charge in [0, 0.05) is 43.2 Å². The van der Waals surface area contributed by atoms with Crippen LogP contribution in [0.3, 0.4) is 0 Å². The zero-order valence-electron chi connectivity index (χ0n) is 34.0. The van der Waals surface area contributed by atoms with E-state index in [1.54, 1.807) is 36.6 Å². The van der Waals surface area contributed by atoms with Crippen LogP contribution in [0.1, 0.15) is 51.5 Å². The molecule has 3 atom stereocenters. The molecule has 0 radical (unpaired) electrons. The van der Waals surface area contributed by atoms with Gasteiger partial charge in [0.1, 0.15) is 30.5 Å². The number of ether oxygens (including phenoxy) is 8. The minimum absolute atomic E-state index is 0.222. The van der Waals surface area contributed by atoms with Gasteiger partial charge in [-0.05, 0) is 73.6 Å². The third-order valence-electron chi connectivity index (χ3n) is 10.8. The maximum Gasteiger partial charge on any atom is 0.257 e. The number of hydrogen-bond acceptors (Lipinski definition) is 16. The lowest BCUT2D eigenvalue weighted by Gasteiger charge is -2.43. The largest absolute Gasteiger partial charge is 0.487 e. The first kappa shape index (κ1) is 43.1. The first-order chi connectivity index (χ1) is 29.0. The lowest BCUT2D eigenvalue weighted by atomic mass is 9.89. The minimum Gasteiger partial charge on any atom is -0.487 e. The number of halogens is 1. The van der Waals surface area contributed by atoms with Gasteiger partial charge in [-0.15, -0.1) is 10.2 Å². The van der Waals surface area contributed by atoms with Crippen LogP contribution in [0.15, 0.2) is 43.1 Å². The second-order valence-electron chi connectivity index (χ2n) is 15.0. The summed E-state index contributed by atoms with van der Waals surface area (Å²) in [7, 11) is 1.65. The van der Waals surface area contributed by atoms with Gasteiger partial charge in [-0.3, -0.25) is 9.58 Å². The summed E-state index contributed by atoms with van der Waals surface area (Å²) in [5.74, 6) is 1.44. The van der Waals surface area contributed by atoms with Gasteiger partial charge < -0.3 is 43.2 Å². The number of hydrogen-bond donors (Lipinski definition) is 1. The Bertz CT molecular complexity index is 1800. The summed E-state index contributed by atoms with van der Waals surface area (Å²) in [5.41, 5.74) is 2.36. The van der Waals surface area contributed by atoms with E-state index in [1.807, 2.05) is 29.9 Å². The molecule has 2 bridgehead atoms. The highest BCUT2D eigenvalue weighted by molar-refractivity contribution is 6.32. The molecule has 1 saturated carbocycles. The summed E-state index contributed by atoms with van der Waals surface area (Å²) in [4.78, 5) is 12.1. The number of anilines is 2. The first-order valence-electron chi connectivity index (χ1n) is 20.7. The van der Waals surface area contributed by atoms with Crippen LogP contribution in [0.25, 0.3) is 11.1 Å². The van der Waals surface area contributed by atoms with E-state index in [2.05, 4.69) is 35.7 Å². The topological polar surface area (TPSA) is 176 Å². The molecule has 1 aliphatic carbocycles. The number of nitrogens with one attached hydrogen (secondary N) is 1. The van der Waals surface area contributed by atoms with Gasteiger partial charge in [0.25, 0.3) is 5.88 Å². The smallest absolute Gasteiger partial charge is 0.257 e. The number of nitrogens with zero attached hydrogens (tertiary/aromatic N) is 9. The molecule has 2 saturated heterocycles. The number of rotatable bonds is 25. The number of tetrazole rings is 1. The van der Waals surface area contributed by atoms with Crippen molar-refractivity contribution in [2.45, 2.75) is 82.3 Å². The van der Waals surface area contributed by atoms with Crippen LogP contribution >= 0.6 is 11.6 Å². The Morgan fingerprint density at radius 1 is 0.797 bits per heavy atom. The zero-order chi connectivity index (χ0) is 40.7. The van der Waals surface area contributed by atoms with Crippen molar-refractivity contribution < 1.29 is 37.9 Å². The van der Waals surface area contributed by atoms with Crippen molar-refractivity contribution in [3.8, 4) is 22.8 Å². The van der Waals surface area contributed by atoms with Crippen molar-refractivity contribution in [3.05, 3.63) is 48.1 Å². The molecule has 3 fully saturated rings. The summed E-state index contributed by atoms with van der Waals surface area (Å²) in [5, 5.41) is 20.1. The van der Waals surface area contributed by atoms with Crippen LogP contribution in [0.4, 0.5) is 11.6 Å². The number of aromatic nitrogens is 8. The molecule has 0 unspecified atom stereocenters. The normalized spacial score (nSPS) is 21.1. The molecule has 5 heterocycles. The van der Waals surface area contributed by atoms with E-state index >= 15 is 0 Å². The molecule has 1 aromatic carbocycles. The van der Waals surface area contributed by atoms with Crippen molar-refractivity contribution in [2.75, 3.05) is 91.7 Å². The Kier molecular flexibility index (Phi) is 16.5. The Balaban J connectivity index is 0.920. The molecular formula is C40H57ClN10O8. The van der Waals surface area contributed by atoms with Gasteiger partial charge in [-0.25, -0.2) is 14.6 Å². The molecule has 1 N–H and O–H groups in total. The lowest BCUT2D eigenvalue weighted by Crippen LogP contribution is -2.52. The average Bonchev–Trinajstić information content (AvgIpc) is 3.98. The Morgan fingerprint density at radius 3 is 2.07 bits per heavy atom. The standard InChI is InChI=1S/C40H57ClN10O8/c1-29(24-49-28-44-47-48-49)59-38-21-30(3-10-36(38)41)31-22-42-40(43-23-31)45-37-25-50(32-4-6-33(7-5-32)51-34-8-9-35(51)27-57-26-34)46-39(37)58-20-19-56-18-17-55-16-15-54-14-13-53-12-11-52-2/h3,10,21-23,25,28-29,32-35H,4-9,11-20,24,26-27H2,1-2H3,(H,42,43,45)/t29-,32?,33?,34-,35+/m0/s1. The molecule has 18 nitrogen and oxygen atoms in total. The fraction of sp³-hybridized carbons (Fsp3) is 0.650. The van der Waals surface area contributed by atoms with E-state index < -0.39 is 0 Å². The maximum absolute atomic E-state index is 6.50. The van der Waals surface area contributed by atoms with Gasteiger partial charge in [0.05, 0.1) is 96.5 Å². The third kappa shape index (κ3) is 12.5. The molecule has 19 heteroatoms. The van der Waals surface area contributed by atoms with E-state index in [9.17, 15) is 0 Å². The van der Waals surface area contributed by atoms with E-state index in [4.69, 9.17) is 54.6 Å². The van der Waals surface area contributed by atoms with Crippen molar-refractivity contribution in [1.82, 2.24) is 44.9 Å². The molecule has 0 amide bonds. The Morgan fingerprint density at radius 2 is 1.42 bits per heavy atom. The van der Waals surface area contributed by atoms with E-state index in [0.717, 1.165) is 50.0 Å². The first-order valence-corrected chi connectivity index (χ1v) is 21.0. The van der Waals surface area contributed by atoms with Gasteiger partial charge in [-0.2, -0.15) is 0 Å². The van der Waals surface area contributed by atoms with Gasteiger partial charge in [-0.1, -0.05) is 17.7 Å². The number of methoxy groups -OCH3 is 1. The van der Waals surface area contributed by atoms with Crippen LogP contribution in [-0.4, -0.2) is 155 Å². The summed E-state index contributed by atoms with van der Waals surface area (Å²) < 4.78 is 49.1. The molecule has 4 aromatic rings. The van der Waals surface area contributed by atoms with Gasteiger partial charge >= 0.3 is 0 Å². The predicted octanol–water partition coefficient (Wildman–Crippen LogP) is 4.63. The SMILES string of the molecule is COCCOCCOCCOCCOCCOc1nn(C2CCC(N3[C@@H]4CC[C@H]3COC4)CC2)cc1Nc1ncc(-c2ccc(Cl)c(O[C@@H](C)Cn3cnnn3)c2)cn1. The second kappa shape index (κ2) is 22.6. The quantitative estimate of drug-likeness (QED) is 0.0914. The van der Waals surface area contributed by atoms with E-state index in [-0.39, 0.29) is 12.1 Å². The molecular weight excluding hydrogens is 784 g/mol. The zero-order valence-corrected chi connectivity index (χ0v) is 34.8. The maximum atomic E-state index is 6.50. The van der Waals surface area contributed by atoms with Crippen molar-refractivity contribution in [3.63, 3.8) is 0 Å². The minimum atomic E-state index is -0.222. The van der Waals surface area contributed by atoms with Crippen molar-refractivity contribution in [2.24, 2.45) is 0 Å². The van der Waals surface area contributed by atoms with Crippen molar-refractivity contribution >= 4 is 23.2 Å². The number of morpholine rings is 1. The second-order valence-corrected chi connectivity index (χ2v) is 15.4. The number of fused-ring (bicyclic) bond motifs is 2. The molecule has 0 spiro atoms. The molecule has 59 heavy (non-hydrogen) atoms. The van der Waals surface area contributed by atoms with Crippen LogP contribution in [0.5, 0.6) is 11.6 Å². The average molecular weight is 841 g/mol. The Labute approximate surface area is 350 Å². The summed E-state index contributed by atoms with van der Waals surface area (Å²) in [6.45, 7) is 8.92. The van der Waals surface area contributed by atoms with E-state index in [1.165, 1.54) is 12.8 Å². The fourth-order valence-corrected chi connectivity index (χ4v) is 8.11. The van der Waals surface area contributed by atoms with Gasteiger partial charge in [0.15, 0.2) is 0 Å². The number of benzene rings is 1. The Hall–Kier alpha value is -4.01. The van der Waals surface area contributed by atoms with Crippen molar-refractivity contribution in [1.29, 1.82) is 0 Å². The molecule has 2 aliphatic heterocycles. The van der Waals surface area contributed by atoms with Crippen LogP contribution in [-0.2, 0) is 35.0 Å². The monoisotopic (exact) mass is 840 g/mol.